The maximum atomic E-state index is 12.4. The second-order valence-electron chi connectivity index (χ2n) is 7.11. The van der Waals surface area contributed by atoms with E-state index < -0.39 is 0 Å². The summed E-state index contributed by atoms with van der Waals surface area (Å²) in [6, 6.07) is 5.27. The molecule has 1 fully saturated rings. The first-order valence-electron chi connectivity index (χ1n) is 9.25. The second-order valence-corrected chi connectivity index (χ2v) is 7.49. The molecule has 0 radical (unpaired) electrons. The maximum absolute atomic E-state index is 12.4. The molecule has 1 saturated heterocycles. The van der Waals surface area contributed by atoms with Crippen molar-refractivity contribution in [1.29, 1.82) is 0 Å². The molecule has 150 valence electrons. The molecular weight excluding hydrogens is 382 g/mol. The van der Waals surface area contributed by atoms with Gasteiger partial charge in [-0.05, 0) is 56.9 Å². The molecule has 1 aliphatic heterocycles. The molecule has 0 atom stereocenters. The quantitative estimate of drug-likeness (QED) is 0.826. The zero-order valence-electron chi connectivity index (χ0n) is 16.3. The van der Waals surface area contributed by atoms with Crippen LogP contribution in [-0.4, -0.2) is 47.6 Å². The van der Waals surface area contributed by atoms with Crippen LogP contribution in [0, 0.1) is 20.8 Å². The average molecular weight is 406 g/mol. The van der Waals surface area contributed by atoms with Crippen LogP contribution in [0.3, 0.4) is 0 Å². The number of amides is 2. The highest BCUT2D eigenvalue weighted by molar-refractivity contribution is 6.32. The highest BCUT2D eigenvalue weighted by Gasteiger charge is 2.25. The maximum Gasteiger partial charge on any atom is 0.273 e. The number of ether oxygens (including phenoxy) is 1. The Bertz CT molecular complexity index is 849. The van der Waals surface area contributed by atoms with E-state index >= 15 is 0 Å². The summed E-state index contributed by atoms with van der Waals surface area (Å²) in [4.78, 5) is 26.3. The number of hydrogen-bond donors (Lipinski definition) is 1. The molecule has 0 spiro atoms. The molecule has 8 heteroatoms. The number of aromatic nitrogens is 1. The number of carbonyl (C=O) groups excluding carboxylic acids is 2. The van der Waals surface area contributed by atoms with Gasteiger partial charge in [0.2, 0.25) is 0 Å². The highest BCUT2D eigenvalue weighted by Crippen LogP contribution is 2.26. The molecule has 1 aromatic heterocycles. The number of hydrogen-bond acceptors (Lipinski definition) is 5. The van der Waals surface area contributed by atoms with Crippen molar-refractivity contribution in [2.45, 2.75) is 39.7 Å². The fourth-order valence-corrected chi connectivity index (χ4v) is 3.34. The first-order valence-corrected chi connectivity index (χ1v) is 9.63. The first kappa shape index (κ1) is 20.2. The van der Waals surface area contributed by atoms with Gasteiger partial charge >= 0.3 is 0 Å². The third kappa shape index (κ3) is 4.84. The Hall–Kier alpha value is -2.54. The minimum absolute atomic E-state index is 0.0102. The highest BCUT2D eigenvalue weighted by atomic mass is 35.5. The third-order valence-corrected chi connectivity index (χ3v) is 5.41. The van der Waals surface area contributed by atoms with Crippen LogP contribution in [0.5, 0.6) is 5.75 Å². The molecule has 2 aromatic rings. The topological polar surface area (TPSA) is 84.7 Å². The van der Waals surface area contributed by atoms with Crippen molar-refractivity contribution >= 4 is 23.4 Å². The van der Waals surface area contributed by atoms with E-state index in [1.165, 1.54) is 0 Å². The van der Waals surface area contributed by atoms with Crippen LogP contribution in [0.4, 0.5) is 0 Å². The molecule has 28 heavy (non-hydrogen) atoms. The second kappa shape index (κ2) is 8.65. The normalized spacial score (nSPS) is 14.8. The van der Waals surface area contributed by atoms with Crippen LogP contribution in [0.25, 0.3) is 0 Å². The Morgan fingerprint density at radius 3 is 2.43 bits per heavy atom. The molecule has 0 bridgehead atoms. The molecule has 1 aliphatic rings. The number of halogens is 1. The lowest BCUT2D eigenvalue weighted by Gasteiger charge is -2.32. The van der Waals surface area contributed by atoms with E-state index in [4.69, 9.17) is 20.9 Å². The largest absolute Gasteiger partial charge is 0.484 e. The number of carbonyl (C=O) groups is 2. The Labute approximate surface area is 169 Å². The molecule has 1 N–H and O–H groups in total. The number of likely N-dealkylation sites (tertiary alicyclic amines) is 1. The Kier molecular flexibility index (Phi) is 6.24. The van der Waals surface area contributed by atoms with Crippen LogP contribution in [0.2, 0.25) is 5.02 Å². The van der Waals surface area contributed by atoms with Crippen molar-refractivity contribution in [3.63, 3.8) is 0 Å². The Morgan fingerprint density at radius 1 is 1.21 bits per heavy atom. The van der Waals surface area contributed by atoms with Gasteiger partial charge in [-0.2, -0.15) is 0 Å². The summed E-state index contributed by atoms with van der Waals surface area (Å²) in [5.41, 5.74) is 2.11. The average Bonchev–Trinajstić information content (AvgIpc) is 3.11. The predicted molar refractivity (Wildman–Crippen MR) is 105 cm³/mol. The lowest BCUT2D eigenvalue weighted by molar-refractivity contribution is -0.134. The first-order chi connectivity index (χ1) is 13.3. The van der Waals surface area contributed by atoms with Gasteiger partial charge in [0.05, 0.1) is 0 Å². The van der Waals surface area contributed by atoms with Crippen LogP contribution >= 0.6 is 11.6 Å². The lowest BCUT2D eigenvalue weighted by Crippen LogP contribution is -2.47. The van der Waals surface area contributed by atoms with Gasteiger partial charge in [0.15, 0.2) is 12.3 Å². The zero-order valence-corrected chi connectivity index (χ0v) is 17.0. The smallest absolute Gasteiger partial charge is 0.273 e. The van der Waals surface area contributed by atoms with E-state index in [9.17, 15) is 9.59 Å². The molecule has 0 aliphatic carbocycles. The van der Waals surface area contributed by atoms with E-state index in [1.807, 2.05) is 26.0 Å². The number of benzene rings is 1. The summed E-state index contributed by atoms with van der Waals surface area (Å²) in [6.07, 6.45) is 1.38. The lowest BCUT2D eigenvalue weighted by atomic mass is 10.0. The summed E-state index contributed by atoms with van der Waals surface area (Å²) in [7, 11) is 0. The molecule has 0 unspecified atom stereocenters. The monoisotopic (exact) mass is 405 g/mol. The van der Waals surface area contributed by atoms with E-state index in [1.54, 1.807) is 17.9 Å². The zero-order chi connectivity index (χ0) is 20.3. The number of rotatable bonds is 5. The predicted octanol–water partition coefficient (Wildman–Crippen LogP) is 3.05. The minimum Gasteiger partial charge on any atom is -0.484 e. The molecule has 1 aromatic carbocycles. The van der Waals surface area contributed by atoms with Crippen molar-refractivity contribution in [2.24, 2.45) is 0 Å². The Morgan fingerprint density at radius 2 is 1.86 bits per heavy atom. The van der Waals surface area contributed by atoms with Crippen molar-refractivity contribution in [1.82, 2.24) is 15.4 Å². The van der Waals surface area contributed by atoms with Crippen molar-refractivity contribution in [2.75, 3.05) is 19.7 Å². The number of nitrogens with zero attached hydrogens (tertiary/aromatic N) is 2. The SMILES string of the molecule is Cc1cc(C(=O)NC2CCN(C(=O)COc3cc(C)c(Cl)c(C)c3)CC2)no1. The van der Waals surface area contributed by atoms with Crippen molar-refractivity contribution in [3.05, 3.63) is 45.8 Å². The molecular formula is C20H24ClN3O4. The van der Waals surface area contributed by atoms with Crippen LogP contribution in [0.1, 0.15) is 40.2 Å². The number of piperidine rings is 1. The molecule has 3 rings (SSSR count). The summed E-state index contributed by atoms with van der Waals surface area (Å²) in [5.74, 6) is 0.912. The Balaban J connectivity index is 1.45. The van der Waals surface area contributed by atoms with Gasteiger partial charge in [-0.1, -0.05) is 16.8 Å². The van der Waals surface area contributed by atoms with E-state index in [2.05, 4.69) is 10.5 Å². The van der Waals surface area contributed by atoms with Crippen LogP contribution in [-0.2, 0) is 4.79 Å². The van der Waals surface area contributed by atoms with Gasteiger partial charge in [-0.25, -0.2) is 0 Å². The van der Waals surface area contributed by atoms with Gasteiger partial charge < -0.3 is 19.5 Å². The fraction of sp³-hybridized carbons (Fsp3) is 0.450. The van der Waals surface area contributed by atoms with Crippen molar-refractivity contribution < 1.29 is 18.8 Å². The molecule has 7 nitrogen and oxygen atoms in total. The summed E-state index contributed by atoms with van der Waals surface area (Å²) in [6.45, 7) is 6.68. The van der Waals surface area contributed by atoms with Gasteiger partial charge in [0.25, 0.3) is 11.8 Å². The minimum atomic E-state index is -0.251. The van der Waals surface area contributed by atoms with Gasteiger partial charge in [0, 0.05) is 30.2 Å². The van der Waals surface area contributed by atoms with Gasteiger partial charge in [0.1, 0.15) is 11.5 Å². The van der Waals surface area contributed by atoms with Gasteiger partial charge in [-0.3, -0.25) is 9.59 Å². The number of aryl methyl sites for hydroxylation is 3. The number of nitrogens with one attached hydrogen (secondary N) is 1. The van der Waals surface area contributed by atoms with E-state index in [0.717, 1.165) is 11.1 Å². The summed E-state index contributed by atoms with van der Waals surface area (Å²) < 4.78 is 10.6. The van der Waals surface area contributed by atoms with Crippen LogP contribution < -0.4 is 10.1 Å². The molecule has 2 amide bonds. The molecule has 0 saturated carbocycles. The summed E-state index contributed by atoms with van der Waals surface area (Å²) >= 11 is 6.15. The van der Waals surface area contributed by atoms with Gasteiger partial charge in [-0.15, -0.1) is 0 Å². The fourth-order valence-electron chi connectivity index (χ4n) is 3.23. The molecule has 2 heterocycles. The standard InChI is InChI=1S/C20H24ClN3O4/c1-12-8-16(9-13(2)19(12)21)27-11-18(25)24-6-4-15(5-7-24)22-20(26)17-10-14(3)28-23-17/h8-10,15H,4-7,11H2,1-3H3,(H,22,26). The van der Waals surface area contributed by atoms with Crippen LogP contribution in [0.15, 0.2) is 22.7 Å². The van der Waals surface area contributed by atoms with E-state index in [0.29, 0.717) is 42.5 Å². The summed E-state index contributed by atoms with van der Waals surface area (Å²) in [5, 5.41) is 7.37. The third-order valence-electron chi connectivity index (χ3n) is 4.82. The van der Waals surface area contributed by atoms with Crippen molar-refractivity contribution in [3.8, 4) is 5.75 Å². The van der Waals surface area contributed by atoms with E-state index in [-0.39, 0.29) is 30.2 Å².